The van der Waals surface area contributed by atoms with Gasteiger partial charge in [0.2, 0.25) is 0 Å². The van der Waals surface area contributed by atoms with Crippen molar-refractivity contribution in [3.05, 3.63) is 29.8 Å². The van der Waals surface area contributed by atoms with E-state index in [9.17, 15) is 8.78 Å². The molecule has 0 bridgehead atoms. The molecule has 1 heterocycles. The molecule has 4 heteroatoms. The first-order valence-electron chi connectivity index (χ1n) is 5.68. The van der Waals surface area contributed by atoms with Crippen LogP contribution < -0.4 is 10.2 Å². The maximum atomic E-state index is 13.1. The fraction of sp³-hybridized carbons (Fsp3) is 0.500. The highest BCUT2D eigenvalue weighted by molar-refractivity contribution is 5.46. The third-order valence-corrected chi connectivity index (χ3v) is 2.83. The molecule has 0 atom stereocenters. The van der Waals surface area contributed by atoms with E-state index in [4.69, 9.17) is 0 Å². The number of hydrogen-bond donors (Lipinski definition) is 1. The lowest BCUT2D eigenvalue weighted by Gasteiger charge is -2.27. The molecule has 1 aromatic rings. The molecular weight excluding hydrogens is 210 g/mol. The Morgan fingerprint density at radius 2 is 1.69 bits per heavy atom. The highest BCUT2D eigenvalue weighted by Gasteiger charge is 2.10. The third kappa shape index (κ3) is 2.70. The number of benzene rings is 1. The first-order chi connectivity index (χ1) is 7.77. The van der Waals surface area contributed by atoms with Gasteiger partial charge in [-0.05, 0) is 38.1 Å². The summed E-state index contributed by atoms with van der Waals surface area (Å²) in [5.74, 6) is -1.55. The minimum Gasteiger partial charge on any atom is -0.371 e. The number of halogens is 2. The van der Waals surface area contributed by atoms with E-state index in [0.717, 1.165) is 44.7 Å². The van der Waals surface area contributed by atoms with Gasteiger partial charge in [0.15, 0.2) is 11.6 Å². The van der Waals surface area contributed by atoms with E-state index >= 15 is 0 Å². The molecule has 2 nitrogen and oxygen atoms in total. The Morgan fingerprint density at radius 1 is 1.00 bits per heavy atom. The molecule has 0 spiro atoms. The Balaban J connectivity index is 2.11. The molecule has 88 valence electrons. The maximum absolute atomic E-state index is 13.1. The van der Waals surface area contributed by atoms with Gasteiger partial charge in [-0.2, -0.15) is 0 Å². The molecule has 0 aromatic heterocycles. The van der Waals surface area contributed by atoms with E-state index < -0.39 is 11.6 Å². The number of anilines is 1. The third-order valence-electron chi connectivity index (χ3n) is 2.83. The molecule has 0 saturated carbocycles. The van der Waals surface area contributed by atoms with Crippen molar-refractivity contribution in [2.24, 2.45) is 0 Å². The lowest BCUT2D eigenvalue weighted by Crippen LogP contribution is -2.33. The van der Waals surface area contributed by atoms with Crippen LogP contribution in [0.25, 0.3) is 0 Å². The minimum atomic E-state index is -0.780. The average Bonchev–Trinajstić information content (AvgIpc) is 2.22. The molecule has 1 aliphatic heterocycles. The fourth-order valence-electron chi connectivity index (χ4n) is 1.97. The van der Waals surface area contributed by atoms with Gasteiger partial charge in [-0.1, -0.05) is 0 Å². The van der Waals surface area contributed by atoms with Crippen molar-refractivity contribution in [3.63, 3.8) is 0 Å². The molecule has 16 heavy (non-hydrogen) atoms. The minimum absolute atomic E-state index is 0.766. The Bertz CT molecular complexity index is 347. The predicted molar refractivity (Wildman–Crippen MR) is 60.7 cm³/mol. The first kappa shape index (κ1) is 11.3. The van der Waals surface area contributed by atoms with Crippen LogP contribution in [0, 0.1) is 11.6 Å². The van der Waals surface area contributed by atoms with Gasteiger partial charge >= 0.3 is 0 Å². The molecule has 0 radical (unpaired) electrons. The van der Waals surface area contributed by atoms with Crippen LogP contribution in [0.15, 0.2) is 18.2 Å². The molecule has 0 amide bonds. The lowest BCUT2D eigenvalue weighted by molar-refractivity contribution is 0.507. The molecule has 1 aromatic carbocycles. The Morgan fingerprint density at radius 3 is 2.31 bits per heavy atom. The fourth-order valence-corrected chi connectivity index (χ4v) is 1.97. The van der Waals surface area contributed by atoms with Gasteiger partial charge in [0, 0.05) is 24.8 Å². The normalized spacial score (nSPS) is 18.0. The predicted octanol–water partition coefficient (Wildman–Crippen LogP) is 2.15. The van der Waals surface area contributed by atoms with Crippen LogP contribution in [-0.2, 0) is 0 Å². The average molecular weight is 226 g/mol. The molecule has 1 aliphatic rings. The van der Waals surface area contributed by atoms with Crippen LogP contribution in [-0.4, -0.2) is 26.2 Å². The van der Waals surface area contributed by atoms with Crippen molar-refractivity contribution in [2.75, 3.05) is 31.1 Å². The zero-order valence-electron chi connectivity index (χ0n) is 9.18. The lowest BCUT2D eigenvalue weighted by atomic mass is 10.2. The summed E-state index contributed by atoms with van der Waals surface area (Å²) < 4.78 is 25.9. The zero-order valence-corrected chi connectivity index (χ0v) is 9.18. The van der Waals surface area contributed by atoms with Gasteiger partial charge in [-0.3, -0.25) is 0 Å². The number of rotatable bonds is 1. The molecule has 1 N–H and O–H groups in total. The molecule has 0 unspecified atom stereocenters. The van der Waals surface area contributed by atoms with Crippen LogP contribution in [0.2, 0.25) is 0 Å². The van der Waals surface area contributed by atoms with E-state index in [1.54, 1.807) is 6.07 Å². The summed E-state index contributed by atoms with van der Waals surface area (Å²) in [6.45, 7) is 3.75. The topological polar surface area (TPSA) is 15.3 Å². The van der Waals surface area contributed by atoms with Crippen LogP contribution >= 0.6 is 0 Å². The summed E-state index contributed by atoms with van der Waals surface area (Å²) in [6.07, 6.45) is 2.05. The zero-order chi connectivity index (χ0) is 11.4. The summed E-state index contributed by atoms with van der Waals surface area (Å²) in [5, 5.41) is 3.32. The summed E-state index contributed by atoms with van der Waals surface area (Å²) in [5.41, 5.74) is 0.779. The van der Waals surface area contributed by atoms with E-state index in [2.05, 4.69) is 10.2 Å². The summed E-state index contributed by atoms with van der Waals surface area (Å²) in [4.78, 5) is 2.11. The molecule has 1 saturated heterocycles. The van der Waals surface area contributed by atoms with Gasteiger partial charge in [0.25, 0.3) is 0 Å². The van der Waals surface area contributed by atoms with Gasteiger partial charge in [0.05, 0.1) is 0 Å². The Hall–Kier alpha value is -1.16. The smallest absolute Gasteiger partial charge is 0.160 e. The SMILES string of the molecule is Fc1ccc(N2CCCNCCC2)cc1F. The van der Waals surface area contributed by atoms with Crippen LogP contribution in [0.5, 0.6) is 0 Å². The van der Waals surface area contributed by atoms with E-state index in [0.29, 0.717) is 0 Å². The Labute approximate surface area is 94.3 Å². The first-order valence-corrected chi connectivity index (χ1v) is 5.68. The van der Waals surface area contributed by atoms with Crippen molar-refractivity contribution in [1.29, 1.82) is 0 Å². The number of nitrogens with zero attached hydrogens (tertiary/aromatic N) is 1. The highest BCUT2D eigenvalue weighted by Crippen LogP contribution is 2.18. The second-order valence-corrected chi connectivity index (χ2v) is 4.04. The highest BCUT2D eigenvalue weighted by atomic mass is 19.2. The molecule has 0 aliphatic carbocycles. The van der Waals surface area contributed by atoms with E-state index in [-0.39, 0.29) is 0 Å². The van der Waals surface area contributed by atoms with Gasteiger partial charge in [0.1, 0.15) is 0 Å². The second-order valence-electron chi connectivity index (χ2n) is 4.04. The largest absolute Gasteiger partial charge is 0.371 e. The Kier molecular flexibility index (Phi) is 3.72. The maximum Gasteiger partial charge on any atom is 0.160 e. The van der Waals surface area contributed by atoms with E-state index in [1.165, 1.54) is 12.1 Å². The number of nitrogens with one attached hydrogen (secondary N) is 1. The summed E-state index contributed by atoms with van der Waals surface area (Å²) in [7, 11) is 0. The van der Waals surface area contributed by atoms with E-state index in [1.807, 2.05) is 0 Å². The van der Waals surface area contributed by atoms with Crippen molar-refractivity contribution < 1.29 is 8.78 Å². The van der Waals surface area contributed by atoms with Gasteiger partial charge in [-0.25, -0.2) is 8.78 Å². The van der Waals surface area contributed by atoms with Gasteiger partial charge < -0.3 is 10.2 Å². The monoisotopic (exact) mass is 226 g/mol. The quantitative estimate of drug-likeness (QED) is 0.789. The van der Waals surface area contributed by atoms with Crippen LogP contribution in [0.3, 0.4) is 0 Å². The number of hydrogen-bond acceptors (Lipinski definition) is 2. The van der Waals surface area contributed by atoms with Crippen LogP contribution in [0.1, 0.15) is 12.8 Å². The van der Waals surface area contributed by atoms with Crippen molar-refractivity contribution in [3.8, 4) is 0 Å². The molecule has 2 rings (SSSR count). The van der Waals surface area contributed by atoms with Crippen molar-refractivity contribution in [1.82, 2.24) is 5.32 Å². The standard InChI is InChI=1S/C12H16F2N2/c13-11-4-3-10(9-12(11)14)16-7-1-5-15-6-2-8-16/h3-4,9,15H,1-2,5-8H2. The summed E-state index contributed by atoms with van der Waals surface area (Å²) in [6, 6.07) is 4.12. The van der Waals surface area contributed by atoms with Crippen molar-refractivity contribution in [2.45, 2.75) is 12.8 Å². The second kappa shape index (κ2) is 5.25. The van der Waals surface area contributed by atoms with Crippen LogP contribution in [0.4, 0.5) is 14.5 Å². The van der Waals surface area contributed by atoms with Crippen molar-refractivity contribution >= 4 is 5.69 Å². The molecular formula is C12H16F2N2. The van der Waals surface area contributed by atoms with Gasteiger partial charge in [-0.15, -0.1) is 0 Å². The summed E-state index contributed by atoms with van der Waals surface area (Å²) >= 11 is 0. The molecule has 1 fully saturated rings.